The first-order chi connectivity index (χ1) is 9.51. The van der Waals surface area contributed by atoms with Gasteiger partial charge >= 0.3 is 0 Å². The molecule has 0 fully saturated rings. The van der Waals surface area contributed by atoms with Crippen LogP contribution in [0.15, 0.2) is 35.5 Å². The number of nitrogens with zero attached hydrogens (tertiary/aromatic N) is 2. The number of oxime groups is 1. The number of hydrogen-bond acceptors (Lipinski definition) is 4. The molecular weight excluding hydrogens is 254 g/mol. The van der Waals surface area contributed by atoms with E-state index in [-0.39, 0.29) is 5.84 Å². The molecule has 0 radical (unpaired) electrons. The predicted molar refractivity (Wildman–Crippen MR) is 77.5 cm³/mol. The molecule has 0 atom stereocenters. The lowest BCUT2D eigenvalue weighted by Crippen LogP contribution is -2.15. The molecule has 3 N–H and O–H groups in total. The summed E-state index contributed by atoms with van der Waals surface area (Å²) in [5.41, 5.74) is 8.97. The maximum Gasteiger partial charge on any atom is 0.230 e. The number of aromatic nitrogens is 1. The third kappa shape index (κ3) is 2.88. The lowest BCUT2D eigenvalue weighted by atomic mass is 10.1. The Bertz CT molecular complexity index is 666. The first-order valence-electron chi connectivity index (χ1n) is 6.22. The van der Waals surface area contributed by atoms with Crippen LogP contribution in [0.4, 0.5) is 0 Å². The second-order valence-electron chi connectivity index (χ2n) is 4.66. The van der Waals surface area contributed by atoms with Crippen LogP contribution in [0.1, 0.15) is 22.4 Å². The zero-order valence-electron chi connectivity index (χ0n) is 11.7. The van der Waals surface area contributed by atoms with Gasteiger partial charge < -0.3 is 15.7 Å². The quantitative estimate of drug-likeness (QED) is 0.389. The number of ether oxygens (including phenoxy) is 1. The summed E-state index contributed by atoms with van der Waals surface area (Å²) in [6.45, 7) is 5.79. The van der Waals surface area contributed by atoms with Crippen molar-refractivity contribution in [3.8, 4) is 11.6 Å². The maximum absolute atomic E-state index is 8.83. The first kappa shape index (κ1) is 13.9. The Kier molecular flexibility index (Phi) is 3.89. The van der Waals surface area contributed by atoms with E-state index in [2.05, 4.69) is 10.1 Å². The van der Waals surface area contributed by atoms with Gasteiger partial charge in [0, 0.05) is 5.69 Å². The topological polar surface area (TPSA) is 80.7 Å². The van der Waals surface area contributed by atoms with Crippen LogP contribution in [0.2, 0.25) is 0 Å². The van der Waals surface area contributed by atoms with E-state index in [1.807, 2.05) is 39.0 Å². The summed E-state index contributed by atoms with van der Waals surface area (Å²) < 4.78 is 5.84. The number of amidine groups is 1. The third-order valence-corrected chi connectivity index (χ3v) is 2.93. The smallest absolute Gasteiger partial charge is 0.230 e. The average molecular weight is 271 g/mol. The van der Waals surface area contributed by atoms with Gasteiger partial charge in [0.1, 0.15) is 5.75 Å². The van der Waals surface area contributed by atoms with Crippen molar-refractivity contribution in [2.75, 3.05) is 0 Å². The molecule has 0 amide bonds. The highest BCUT2D eigenvalue weighted by molar-refractivity contribution is 5.99. The molecule has 0 unspecified atom stereocenters. The molecule has 2 aromatic rings. The molecule has 20 heavy (non-hydrogen) atoms. The van der Waals surface area contributed by atoms with Gasteiger partial charge in [-0.15, -0.1) is 0 Å². The number of benzene rings is 1. The van der Waals surface area contributed by atoms with E-state index in [4.69, 9.17) is 15.7 Å². The molecule has 5 heteroatoms. The molecule has 104 valence electrons. The van der Waals surface area contributed by atoms with Crippen molar-refractivity contribution in [3.63, 3.8) is 0 Å². The molecule has 1 aromatic carbocycles. The van der Waals surface area contributed by atoms with Gasteiger partial charge in [0.15, 0.2) is 5.84 Å². The Labute approximate surface area is 117 Å². The van der Waals surface area contributed by atoms with Gasteiger partial charge in [0.05, 0.1) is 5.56 Å². The minimum absolute atomic E-state index is 0.0298. The van der Waals surface area contributed by atoms with Crippen LogP contribution >= 0.6 is 0 Å². The van der Waals surface area contributed by atoms with Gasteiger partial charge in [-0.05, 0) is 50.1 Å². The third-order valence-electron chi connectivity index (χ3n) is 2.93. The SMILES string of the molecule is Cc1ccc(C)c(Oc2nc(C)ccc2C(N)=NO)c1. The Morgan fingerprint density at radius 2 is 1.95 bits per heavy atom. The zero-order valence-corrected chi connectivity index (χ0v) is 11.7. The van der Waals surface area contributed by atoms with E-state index >= 15 is 0 Å². The van der Waals surface area contributed by atoms with E-state index in [9.17, 15) is 0 Å². The predicted octanol–water partition coefficient (Wildman–Crippen LogP) is 2.89. The normalized spacial score (nSPS) is 11.4. The largest absolute Gasteiger partial charge is 0.438 e. The van der Waals surface area contributed by atoms with Gasteiger partial charge in [0.25, 0.3) is 0 Å². The summed E-state index contributed by atoms with van der Waals surface area (Å²) in [5.74, 6) is 1.00. The van der Waals surface area contributed by atoms with Crippen molar-refractivity contribution in [2.24, 2.45) is 10.9 Å². The lowest BCUT2D eigenvalue weighted by Gasteiger charge is -2.12. The Morgan fingerprint density at radius 3 is 2.65 bits per heavy atom. The zero-order chi connectivity index (χ0) is 14.7. The van der Waals surface area contributed by atoms with Gasteiger partial charge in [-0.2, -0.15) is 0 Å². The van der Waals surface area contributed by atoms with Crippen LogP contribution in [0, 0.1) is 20.8 Å². The molecule has 1 heterocycles. The monoisotopic (exact) mass is 271 g/mol. The van der Waals surface area contributed by atoms with Crippen LogP contribution in [0.25, 0.3) is 0 Å². The fourth-order valence-corrected chi connectivity index (χ4v) is 1.78. The van der Waals surface area contributed by atoms with E-state index in [1.54, 1.807) is 12.1 Å². The van der Waals surface area contributed by atoms with Crippen molar-refractivity contribution in [2.45, 2.75) is 20.8 Å². The Hall–Kier alpha value is -2.56. The van der Waals surface area contributed by atoms with Crippen LogP contribution < -0.4 is 10.5 Å². The van der Waals surface area contributed by atoms with E-state index < -0.39 is 0 Å². The van der Waals surface area contributed by atoms with Crippen LogP contribution in [0.3, 0.4) is 0 Å². The van der Waals surface area contributed by atoms with Crippen LogP contribution in [0.5, 0.6) is 11.6 Å². The van der Waals surface area contributed by atoms with Crippen molar-refractivity contribution in [1.29, 1.82) is 0 Å². The molecule has 0 aliphatic rings. The Balaban J connectivity index is 2.47. The van der Waals surface area contributed by atoms with Crippen molar-refractivity contribution in [3.05, 3.63) is 52.7 Å². The van der Waals surface area contributed by atoms with Gasteiger partial charge in [-0.3, -0.25) is 0 Å². The average Bonchev–Trinajstić information content (AvgIpc) is 2.42. The number of hydrogen-bond donors (Lipinski definition) is 2. The molecule has 0 bridgehead atoms. The fraction of sp³-hybridized carbons (Fsp3) is 0.200. The summed E-state index contributed by atoms with van der Waals surface area (Å²) in [4.78, 5) is 4.31. The van der Waals surface area contributed by atoms with Crippen molar-refractivity contribution < 1.29 is 9.94 Å². The summed E-state index contributed by atoms with van der Waals surface area (Å²) in [5, 5.41) is 11.8. The minimum atomic E-state index is -0.0298. The molecular formula is C15H17N3O2. The summed E-state index contributed by atoms with van der Waals surface area (Å²) in [6, 6.07) is 9.41. The van der Waals surface area contributed by atoms with Crippen molar-refractivity contribution in [1.82, 2.24) is 4.98 Å². The number of rotatable bonds is 3. The van der Waals surface area contributed by atoms with Crippen molar-refractivity contribution >= 4 is 5.84 Å². The summed E-state index contributed by atoms with van der Waals surface area (Å²) in [7, 11) is 0. The maximum atomic E-state index is 8.83. The second-order valence-corrected chi connectivity index (χ2v) is 4.66. The lowest BCUT2D eigenvalue weighted by molar-refractivity contribution is 0.318. The van der Waals surface area contributed by atoms with Gasteiger partial charge in [-0.1, -0.05) is 17.3 Å². The van der Waals surface area contributed by atoms with Crippen LogP contribution in [-0.2, 0) is 0 Å². The number of aryl methyl sites for hydroxylation is 3. The number of nitrogens with two attached hydrogens (primary N) is 1. The standard InChI is InChI=1S/C15H17N3O2/c1-9-4-5-10(2)13(8-9)20-15-12(14(16)18-19)7-6-11(3)17-15/h4-8,19H,1-3H3,(H2,16,18). The van der Waals surface area contributed by atoms with E-state index in [0.717, 1.165) is 16.8 Å². The highest BCUT2D eigenvalue weighted by Crippen LogP contribution is 2.27. The fourth-order valence-electron chi connectivity index (χ4n) is 1.78. The molecule has 1 aromatic heterocycles. The number of pyridine rings is 1. The second kappa shape index (κ2) is 5.61. The van der Waals surface area contributed by atoms with E-state index in [1.165, 1.54) is 0 Å². The molecule has 5 nitrogen and oxygen atoms in total. The highest BCUT2D eigenvalue weighted by atomic mass is 16.5. The van der Waals surface area contributed by atoms with Gasteiger partial charge in [-0.25, -0.2) is 4.98 Å². The summed E-state index contributed by atoms with van der Waals surface area (Å²) in [6.07, 6.45) is 0. The molecule has 0 aliphatic heterocycles. The Morgan fingerprint density at radius 1 is 1.20 bits per heavy atom. The van der Waals surface area contributed by atoms with Crippen LogP contribution in [-0.4, -0.2) is 16.0 Å². The minimum Gasteiger partial charge on any atom is -0.438 e. The molecule has 0 aliphatic carbocycles. The molecule has 0 saturated heterocycles. The molecule has 0 saturated carbocycles. The molecule has 2 rings (SSSR count). The van der Waals surface area contributed by atoms with E-state index in [0.29, 0.717) is 17.2 Å². The first-order valence-corrected chi connectivity index (χ1v) is 6.22. The highest BCUT2D eigenvalue weighted by Gasteiger charge is 2.12. The van der Waals surface area contributed by atoms with Gasteiger partial charge in [0.2, 0.25) is 5.88 Å². The molecule has 0 spiro atoms. The summed E-state index contributed by atoms with van der Waals surface area (Å²) >= 11 is 0.